The highest BCUT2D eigenvalue weighted by atomic mass is 16.4. The number of nitrogens with two attached hydrogens (primary N) is 1. The van der Waals surface area contributed by atoms with Crippen LogP contribution in [0.5, 0.6) is 0 Å². The van der Waals surface area contributed by atoms with Gasteiger partial charge in [0.2, 0.25) is 23.6 Å². The van der Waals surface area contributed by atoms with E-state index in [2.05, 4.69) is 20.9 Å². The van der Waals surface area contributed by atoms with E-state index in [0.717, 1.165) is 5.56 Å². The van der Waals surface area contributed by atoms with Crippen molar-refractivity contribution in [2.75, 3.05) is 0 Å². The first-order chi connectivity index (χ1) is 14.1. The van der Waals surface area contributed by atoms with Crippen LogP contribution in [0.4, 0.5) is 0 Å². The molecule has 0 bridgehead atoms. The van der Waals surface area contributed by atoms with Crippen LogP contribution in [0.2, 0.25) is 0 Å². The number of hydrogen-bond acceptors (Lipinski definition) is 6. The zero-order valence-corrected chi connectivity index (χ0v) is 16.9. The molecule has 0 aliphatic heterocycles. The molecule has 30 heavy (non-hydrogen) atoms. The summed E-state index contributed by atoms with van der Waals surface area (Å²) in [6, 6.07) is -0.0961. The predicted molar refractivity (Wildman–Crippen MR) is 106 cm³/mol. The van der Waals surface area contributed by atoms with Crippen molar-refractivity contribution in [1.82, 2.24) is 20.9 Å². The van der Waals surface area contributed by atoms with E-state index in [4.69, 9.17) is 10.8 Å². The van der Waals surface area contributed by atoms with Crippen molar-refractivity contribution in [2.45, 2.75) is 57.7 Å². The maximum atomic E-state index is 12.4. The molecule has 0 unspecified atom stereocenters. The Morgan fingerprint density at radius 1 is 1.03 bits per heavy atom. The minimum Gasteiger partial charge on any atom is -0.480 e. The zero-order valence-electron chi connectivity index (χ0n) is 16.9. The smallest absolute Gasteiger partial charge is 0.326 e. The second-order valence-corrected chi connectivity index (χ2v) is 6.74. The van der Waals surface area contributed by atoms with Crippen LogP contribution in [0, 0.1) is 0 Å². The maximum absolute atomic E-state index is 12.4. The van der Waals surface area contributed by atoms with Crippen LogP contribution < -0.4 is 21.7 Å². The summed E-state index contributed by atoms with van der Waals surface area (Å²) >= 11 is 0. The van der Waals surface area contributed by atoms with E-state index in [9.17, 15) is 24.0 Å². The molecule has 0 aromatic carbocycles. The summed E-state index contributed by atoms with van der Waals surface area (Å²) in [6.45, 7) is 3.25. The van der Waals surface area contributed by atoms with Gasteiger partial charge < -0.3 is 26.8 Å². The summed E-state index contributed by atoms with van der Waals surface area (Å²) < 4.78 is 0. The number of nitrogens with one attached hydrogen (secondary N) is 3. The highest BCUT2D eigenvalue weighted by molar-refractivity contribution is 5.94. The minimum atomic E-state index is -1.50. The largest absolute Gasteiger partial charge is 0.480 e. The van der Waals surface area contributed by atoms with Gasteiger partial charge in [-0.15, -0.1) is 0 Å². The Morgan fingerprint density at radius 3 is 2.17 bits per heavy atom. The second kappa shape index (κ2) is 12.1. The molecule has 0 saturated heterocycles. The number of rotatable bonds is 12. The third-order valence-corrected chi connectivity index (χ3v) is 4.12. The molecule has 164 valence electrons. The summed E-state index contributed by atoms with van der Waals surface area (Å²) in [4.78, 5) is 63.0. The molecule has 1 aromatic rings. The van der Waals surface area contributed by atoms with Gasteiger partial charge in [-0.1, -0.05) is 13.3 Å². The Kier molecular flexibility index (Phi) is 9.93. The van der Waals surface area contributed by atoms with E-state index >= 15 is 0 Å². The number of carbonyl (C=O) groups excluding carboxylic acids is 4. The number of aromatic nitrogens is 1. The number of nitrogens with zero attached hydrogens (tertiary/aromatic N) is 1. The molecular weight excluding hydrogens is 394 g/mol. The Balaban J connectivity index is 2.67. The molecule has 11 nitrogen and oxygen atoms in total. The van der Waals surface area contributed by atoms with Gasteiger partial charge in [0, 0.05) is 12.4 Å². The molecule has 0 aliphatic carbocycles. The van der Waals surface area contributed by atoms with E-state index < -0.39 is 48.2 Å². The second-order valence-electron chi connectivity index (χ2n) is 6.74. The molecule has 0 fully saturated rings. The number of aliphatic carboxylic acids is 1. The Hall–Kier alpha value is -3.50. The fourth-order valence-electron chi connectivity index (χ4n) is 2.57. The molecule has 0 radical (unpaired) electrons. The molecule has 1 heterocycles. The summed E-state index contributed by atoms with van der Waals surface area (Å²) in [5.41, 5.74) is 5.73. The van der Waals surface area contributed by atoms with Gasteiger partial charge in [-0.2, -0.15) is 0 Å². The molecule has 0 spiro atoms. The van der Waals surface area contributed by atoms with Crippen LogP contribution in [-0.2, 0) is 30.4 Å². The number of amides is 4. The van der Waals surface area contributed by atoms with E-state index in [1.165, 1.54) is 6.92 Å². The molecule has 3 atom stereocenters. The molecule has 11 heteroatoms. The van der Waals surface area contributed by atoms with Crippen LogP contribution in [0.25, 0.3) is 0 Å². The van der Waals surface area contributed by atoms with Crippen LogP contribution in [0.1, 0.15) is 38.7 Å². The minimum absolute atomic E-state index is 0.0619. The Bertz CT molecular complexity index is 770. The number of primary amides is 1. The number of pyridine rings is 1. The lowest BCUT2D eigenvalue weighted by Crippen LogP contribution is -2.55. The first-order valence-electron chi connectivity index (χ1n) is 9.44. The van der Waals surface area contributed by atoms with Gasteiger partial charge in [0.25, 0.3) is 0 Å². The van der Waals surface area contributed by atoms with E-state index in [1.807, 2.05) is 0 Å². The lowest BCUT2D eigenvalue weighted by atomic mass is 10.1. The fourth-order valence-corrected chi connectivity index (χ4v) is 2.57. The van der Waals surface area contributed by atoms with Gasteiger partial charge in [0.05, 0.1) is 12.8 Å². The van der Waals surface area contributed by atoms with Crippen LogP contribution in [0.15, 0.2) is 24.5 Å². The maximum Gasteiger partial charge on any atom is 0.326 e. The van der Waals surface area contributed by atoms with E-state index in [-0.39, 0.29) is 18.7 Å². The molecule has 6 N–H and O–H groups in total. The van der Waals surface area contributed by atoms with Crippen LogP contribution >= 0.6 is 0 Å². The standard InChI is InChI=1S/C19H27N5O6/c1-3-4-13(18(28)24-14(19(29)30)10-15(20)25)23-17(27)11(2)22-16(26)9-12-5-7-21-8-6-12/h5-8,11,13-14H,3-4,9-10H2,1-2H3,(H2,20,25)(H,22,26)(H,23,27)(H,24,28)(H,29,30)/t11-,13+,14-/m0/s1. The molecule has 0 aliphatic rings. The normalized spacial score (nSPS) is 13.4. The van der Waals surface area contributed by atoms with Gasteiger partial charge in [-0.05, 0) is 31.0 Å². The molecule has 1 rings (SSSR count). The lowest BCUT2D eigenvalue weighted by molar-refractivity contribution is -0.143. The van der Waals surface area contributed by atoms with Crippen molar-refractivity contribution in [1.29, 1.82) is 0 Å². The van der Waals surface area contributed by atoms with Crippen molar-refractivity contribution in [3.63, 3.8) is 0 Å². The lowest BCUT2D eigenvalue weighted by Gasteiger charge is -2.22. The molecular formula is C19H27N5O6. The average Bonchev–Trinajstić information content (AvgIpc) is 2.67. The van der Waals surface area contributed by atoms with Gasteiger partial charge >= 0.3 is 5.97 Å². The summed E-state index contributed by atoms with van der Waals surface area (Å²) in [5.74, 6) is -4.04. The first-order valence-corrected chi connectivity index (χ1v) is 9.44. The monoisotopic (exact) mass is 421 g/mol. The van der Waals surface area contributed by atoms with Crippen molar-refractivity contribution in [2.24, 2.45) is 5.73 Å². The van der Waals surface area contributed by atoms with Crippen LogP contribution in [-0.4, -0.2) is 57.8 Å². The third kappa shape index (κ3) is 8.67. The summed E-state index contributed by atoms with van der Waals surface area (Å²) in [5, 5.41) is 16.4. The van der Waals surface area contributed by atoms with Crippen molar-refractivity contribution in [3.05, 3.63) is 30.1 Å². The molecule has 0 saturated carbocycles. The van der Waals surface area contributed by atoms with Crippen molar-refractivity contribution in [3.8, 4) is 0 Å². The summed E-state index contributed by atoms with van der Waals surface area (Å²) in [6.07, 6.45) is 3.35. The van der Waals surface area contributed by atoms with E-state index in [0.29, 0.717) is 6.42 Å². The third-order valence-electron chi connectivity index (χ3n) is 4.12. The number of carboxylic acid groups (broad SMARTS) is 1. The topological polar surface area (TPSA) is 181 Å². The average molecular weight is 421 g/mol. The Labute approximate surface area is 173 Å². The number of carboxylic acids is 1. The predicted octanol–water partition coefficient (Wildman–Crippen LogP) is -1.14. The number of carbonyl (C=O) groups is 5. The first kappa shape index (κ1) is 24.5. The highest BCUT2D eigenvalue weighted by Crippen LogP contribution is 2.02. The van der Waals surface area contributed by atoms with Gasteiger partial charge in [-0.3, -0.25) is 24.2 Å². The summed E-state index contributed by atoms with van der Waals surface area (Å²) in [7, 11) is 0. The highest BCUT2D eigenvalue weighted by Gasteiger charge is 2.28. The van der Waals surface area contributed by atoms with Gasteiger partial charge in [0.15, 0.2) is 0 Å². The molecule has 1 aromatic heterocycles. The van der Waals surface area contributed by atoms with E-state index in [1.54, 1.807) is 31.5 Å². The van der Waals surface area contributed by atoms with Gasteiger partial charge in [-0.25, -0.2) is 4.79 Å². The fraction of sp³-hybridized carbons (Fsp3) is 0.474. The van der Waals surface area contributed by atoms with Crippen LogP contribution in [0.3, 0.4) is 0 Å². The van der Waals surface area contributed by atoms with Crippen molar-refractivity contribution >= 4 is 29.6 Å². The zero-order chi connectivity index (χ0) is 22.7. The molecule has 4 amide bonds. The van der Waals surface area contributed by atoms with Crippen molar-refractivity contribution < 1.29 is 29.1 Å². The Morgan fingerprint density at radius 2 is 1.63 bits per heavy atom. The SMILES string of the molecule is CCC[C@@H](NC(=O)[C@H](C)NC(=O)Cc1ccncc1)C(=O)N[C@@H](CC(N)=O)C(=O)O. The number of hydrogen-bond donors (Lipinski definition) is 5. The quantitative estimate of drug-likeness (QED) is 0.283. The van der Waals surface area contributed by atoms with Gasteiger partial charge in [0.1, 0.15) is 18.1 Å².